The molecule has 47 heavy (non-hydrogen) atoms. The Kier molecular flexibility index (Phi) is 9.32. The van der Waals surface area contributed by atoms with E-state index in [2.05, 4.69) is 56.2 Å². The summed E-state index contributed by atoms with van der Waals surface area (Å²) in [6.07, 6.45) is 3.49. The van der Waals surface area contributed by atoms with Crippen molar-refractivity contribution in [3.63, 3.8) is 0 Å². The first-order chi connectivity index (χ1) is 22.8. The Bertz CT molecular complexity index is 1790. The molecule has 3 heterocycles. The van der Waals surface area contributed by atoms with Crippen molar-refractivity contribution in [2.75, 3.05) is 67.5 Å². The van der Waals surface area contributed by atoms with Crippen molar-refractivity contribution in [2.45, 2.75) is 12.5 Å². The molecule has 12 heteroatoms. The number of amides is 2. The number of benzene rings is 3. The van der Waals surface area contributed by atoms with E-state index in [1.54, 1.807) is 24.3 Å². The molecule has 0 unspecified atom stereocenters. The Hall–Kier alpha value is -5.46. The maximum Gasteiger partial charge on any atom is 0.248 e. The molecule has 2 fully saturated rings. The van der Waals surface area contributed by atoms with Gasteiger partial charge in [0.15, 0.2) is 5.82 Å². The molecule has 2 amide bonds. The molecule has 3 aromatic carbocycles. The van der Waals surface area contributed by atoms with Crippen LogP contribution in [0.15, 0.2) is 85.7 Å². The highest BCUT2D eigenvalue weighted by Gasteiger charge is 2.30. The van der Waals surface area contributed by atoms with Crippen LogP contribution in [-0.2, 0) is 9.63 Å². The number of nitrogens with two attached hydrogens (primary N) is 1. The Balaban J connectivity index is 1.27. The average Bonchev–Trinajstić information content (AvgIpc) is 3.59. The molecule has 0 radical (unpaired) electrons. The topological polar surface area (TPSA) is 138 Å². The number of rotatable bonds is 10. The number of piperazine rings is 1. The van der Waals surface area contributed by atoms with E-state index in [0.29, 0.717) is 40.9 Å². The molecule has 6 rings (SSSR count). The van der Waals surface area contributed by atoms with Crippen molar-refractivity contribution < 1.29 is 19.2 Å². The van der Waals surface area contributed by atoms with E-state index in [1.165, 1.54) is 12.4 Å². The first-order valence-corrected chi connectivity index (χ1v) is 15.4. The summed E-state index contributed by atoms with van der Waals surface area (Å²) in [7, 11) is 3.71. The predicted octanol–water partition coefficient (Wildman–Crippen LogP) is 4.75. The van der Waals surface area contributed by atoms with Gasteiger partial charge in [-0.3, -0.25) is 14.4 Å². The molecule has 4 N–H and O–H groups in total. The number of likely N-dealkylation sites (N-methyl/N-ethyl adjacent to an activating group) is 1. The molecular formula is C35H38N8O4. The number of primary amides is 1. The number of hydrogen-bond acceptors (Lipinski definition) is 10. The first-order valence-electron chi connectivity index (χ1n) is 15.4. The molecule has 242 valence electrons. The van der Waals surface area contributed by atoms with Crippen LogP contribution in [-0.4, -0.2) is 73.6 Å². The molecule has 2 saturated heterocycles. The minimum atomic E-state index is -0.465. The Morgan fingerprint density at radius 1 is 1.00 bits per heavy atom. The van der Waals surface area contributed by atoms with Crippen LogP contribution in [0.3, 0.4) is 0 Å². The van der Waals surface area contributed by atoms with E-state index in [9.17, 15) is 9.59 Å². The molecule has 2 aliphatic heterocycles. The maximum atomic E-state index is 12.4. The van der Waals surface area contributed by atoms with Gasteiger partial charge < -0.3 is 30.9 Å². The smallest absolute Gasteiger partial charge is 0.248 e. The highest BCUT2D eigenvalue weighted by atomic mass is 16.7. The number of nitrogens with one attached hydrogen (secondary N) is 2. The number of carbonyl (C=O) groups excluding carboxylic acids is 2. The zero-order valence-electron chi connectivity index (χ0n) is 26.5. The van der Waals surface area contributed by atoms with Crippen LogP contribution in [0.25, 0.3) is 11.1 Å². The van der Waals surface area contributed by atoms with E-state index in [0.717, 1.165) is 55.0 Å². The van der Waals surface area contributed by atoms with Crippen LogP contribution in [0.5, 0.6) is 5.75 Å². The highest BCUT2D eigenvalue weighted by Crippen LogP contribution is 2.40. The summed E-state index contributed by atoms with van der Waals surface area (Å²) >= 11 is 0. The minimum Gasteiger partial charge on any atom is -0.494 e. The molecule has 4 aromatic rings. The van der Waals surface area contributed by atoms with Crippen LogP contribution in [0, 0.1) is 0 Å². The summed E-state index contributed by atoms with van der Waals surface area (Å²) < 4.78 is 5.79. The van der Waals surface area contributed by atoms with Gasteiger partial charge in [0.1, 0.15) is 17.9 Å². The monoisotopic (exact) mass is 634 g/mol. The lowest BCUT2D eigenvalue weighted by molar-refractivity contribution is -0.111. The molecule has 2 aliphatic rings. The number of aromatic nitrogens is 2. The van der Waals surface area contributed by atoms with Gasteiger partial charge in [-0.05, 0) is 54.1 Å². The zero-order chi connectivity index (χ0) is 32.9. The van der Waals surface area contributed by atoms with Gasteiger partial charge in [-0.1, -0.05) is 36.9 Å². The summed E-state index contributed by atoms with van der Waals surface area (Å²) in [5.74, 6) is 0.936. The van der Waals surface area contributed by atoms with Crippen LogP contribution in [0.4, 0.5) is 28.7 Å². The molecule has 0 bridgehead atoms. The van der Waals surface area contributed by atoms with Crippen LogP contribution < -0.4 is 31.1 Å². The third-order valence-electron chi connectivity index (χ3n) is 8.40. The number of ether oxygens (including phenoxy) is 1. The summed E-state index contributed by atoms with van der Waals surface area (Å²) in [5.41, 5.74) is 11.0. The van der Waals surface area contributed by atoms with Crippen LogP contribution in [0.1, 0.15) is 28.4 Å². The lowest BCUT2D eigenvalue weighted by Gasteiger charge is -2.35. The second kappa shape index (κ2) is 13.9. The standard InChI is InChI=1S/C35H38N8O4/c1-4-34(44)40-27-19-28(31(46-3)20-30(27)42-14-12-41(2)13-15-42)39-32-21-33(38-22-37-32)43-29(11-16-47-43)25-9-5-7-23(17-25)24-8-6-10-26(18-24)35(36)45/h4-10,17-22,29H,1,11-16H2,2-3H3,(H2,36,45)(H,40,44)(H,37,38,39)/t29-/m1/s1. The number of anilines is 5. The maximum absolute atomic E-state index is 12.4. The van der Waals surface area contributed by atoms with Gasteiger partial charge in [0.25, 0.3) is 0 Å². The third-order valence-corrected chi connectivity index (χ3v) is 8.40. The van der Waals surface area contributed by atoms with Gasteiger partial charge in [-0.2, -0.15) is 0 Å². The average molecular weight is 635 g/mol. The van der Waals surface area contributed by atoms with Gasteiger partial charge in [0, 0.05) is 50.3 Å². The van der Waals surface area contributed by atoms with Gasteiger partial charge in [-0.25, -0.2) is 15.0 Å². The van der Waals surface area contributed by atoms with Gasteiger partial charge in [0.2, 0.25) is 11.8 Å². The van der Waals surface area contributed by atoms with E-state index in [4.69, 9.17) is 15.3 Å². The SMILES string of the molecule is C=CC(=O)Nc1cc(Nc2cc(N3OCC[C@@H]3c3cccc(-c4cccc(C(N)=O)c4)c3)ncn2)c(OC)cc1N1CCN(C)CC1. The molecule has 0 saturated carbocycles. The Morgan fingerprint density at radius 2 is 1.77 bits per heavy atom. The van der Waals surface area contributed by atoms with Gasteiger partial charge in [-0.15, -0.1) is 0 Å². The van der Waals surface area contributed by atoms with Crippen molar-refractivity contribution in [3.8, 4) is 16.9 Å². The lowest BCUT2D eigenvalue weighted by atomic mass is 9.97. The molecule has 12 nitrogen and oxygen atoms in total. The molecule has 0 aliphatic carbocycles. The lowest BCUT2D eigenvalue weighted by Crippen LogP contribution is -2.44. The highest BCUT2D eigenvalue weighted by molar-refractivity contribution is 6.02. The van der Waals surface area contributed by atoms with E-state index in [1.807, 2.05) is 42.5 Å². The number of carbonyl (C=O) groups is 2. The second-order valence-electron chi connectivity index (χ2n) is 11.5. The summed E-state index contributed by atoms with van der Waals surface area (Å²) in [6, 6.07) is 20.9. The van der Waals surface area contributed by atoms with Crippen molar-refractivity contribution >= 4 is 40.5 Å². The van der Waals surface area contributed by atoms with Crippen molar-refractivity contribution in [3.05, 3.63) is 96.8 Å². The van der Waals surface area contributed by atoms with E-state index >= 15 is 0 Å². The van der Waals surface area contributed by atoms with Crippen molar-refractivity contribution in [2.24, 2.45) is 5.73 Å². The molecule has 1 aromatic heterocycles. The number of nitrogens with zero attached hydrogens (tertiary/aromatic N) is 5. The largest absolute Gasteiger partial charge is 0.494 e. The van der Waals surface area contributed by atoms with Gasteiger partial charge in [0.05, 0.1) is 36.8 Å². The Morgan fingerprint density at radius 3 is 2.51 bits per heavy atom. The Labute approximate surface area is 273 Å². The molecule has 1 atom stereocenters. The van der Waals surface area contributed by atoms with Crippen molar-refractivity contribution in [1.82, 2.24) is 14.9 Å². The summed E-state index contributed by atoms with van der Waals surface area (Å²) in [4.78, 5) is 43.7. The fourth-order valence-corrected chi connectivity index (χ4v) is 5.88. The summed E-state index contributed by atoms with van der Waals surface area (Å²) in [5, 5.41) is 8.12. The number of methoxy groups -OCH3 is 1. The minimum absolute atomic E-state index is 0.102. The quantitative estimate of drug-likeness (QED) is 0.210. The van der Waals surface area contributed by atoms with E-state index in [-0.39, 0.29) is 11.9 Å². The van der Waals surface area contributed by atoms with Crippen LogP contribution in [0.2, 0.25) is 0 Å². The fraction of sp³-hybridized carbons (Fsp3) is 0.257. The van der Waals surface area contributed by atoms with Gasteiger partial charge >= 0.3 is 0 Å². The molecular weight excluding hydrogens is 596 g/mol. The normalized spacial score (nSPS) is 16.5. The summed E-state index contributed by atoms with van der Waals surface area (Å²) in [6.45, 7) is 7.59. The number of hydrogen-bond donors (Lipinski definition) is 3. The predicted molar refractivity (Wildman–Crippen MR) is 183 cm³/mol. The van der Waals surface area contributed by atoms with Crippen LogP contribution >= 0.6 is 0 Å². The number of hydroxylamine groups is 1. The first kappa shape index (κ1) is 31.5. The second-order valence-corrected chi connectivity index (χ2v) is 11.5. The van der Waals surface area contributed by atoms with Crippen molar-refractivity contribution in [1.29, 1.82) is 0 Å². The fourth-order valence-electron chi connectivity index (χ4n) is 5.88. The molecule has 0 spiro atoms. The zero-order valence-corrected chi connectivity index (χ0v) is 26.5. The third kappa shape index (κ3) is 7.03. The van der Waals surface area contributed by atoms with E-state index < -0.39 is 5.91 Å².